The van der Waals surface area contributed by atoms with Crippen LogP contribution in [0.3, 0.4) is 0 Å². The Labute approximate surface area is 277 Å². The highest BCUT2D eigenvalue weighted by Gasteiger charge is 2.39. The second kappa shape index (κ2) is 12.1. The normalized spacial score (nSPS) is 18.4. The molecule has 4 aromatic carbocycles. The quantitative estimate of drug-likeness (QED) is 0.193. The van der Waals surface area contributed by atoms with Crippen LogP contribution in [0.1, 0.15) is 71.9 Å². The van der Waals surface area contributed by atoms with Gasteiger partial charge in [-0.1, -0.05) is 113 Å². The average Bonchev–Trinajstić information content (AvgIpc) is 3.26. The van der Waals surface area contributed by atoms with Gasteiger partial charge < -0.3 is 9.80 Å². The monoisotopic (exact) mass is 606 g/mol. The zero-order valence-electron chi connectivity index (χ0n) is 29.2. The minimum Gasteiger partial charge on any atom is -0.375 e. The van der Waals surface area contributed by atoms with Gasteiger partial charge in [-0.05, 0) is 106 Å². The van der Waals surface area contributed by atoms with Crippen molar-refractivity contribution in [3.63, 3.8) is 0 Å². The SMILES string of the molecule is C=C(/C=C/C1=C(C)C(=C/C=C2/N(C)c3ccc4ccccc4c3C2(C)C)/CCC1)C(C)(C)c1c(N(C)CC)ccc2ccccc12. The Balaban J connectivity index is 1.31. The van der Waals surface area contributed by atoms with Gasteiger partial charge in [0.1, 0.15) is 0 Å². The summed E-state index contributed by atoms with van der Waals surface area (Å²) >= 11 is 0. The van der Waals surface area contributed by atoms with Crippen molar-refractivity contribution < 1.29 is 0 Å². The molecule has 4 aromatic rings. The summed E-state index contributed by atoms with van der Waals surface area (Å²) in [7, 11) is 4.41. The predicted octanol–water partition coefficient (Wildman–Crippen LogP) is 11.6. The first kappa shape index (κ1) is 31.7. The second-order valence-electron chi connectivity index (χ2n) is 14.3. The molecule has 0 amide bonds. The maximum atomic E-state index is 4.66. The lowest BCUT2D eigenvalue weighted by Gasteiger charge is -2.33. The van der Waals surface area contributed by atoms with Crippen LogP contribution in [0, 0.1) is 0 Å². The zero-order valence-corrected chi connectivity index (χ0v) is 29.2. The van der Waals surface area contributed by atoms with Crippen molar-refractivity contribution in [2.24, 2.45) is 0 Å². The molecule has 0 atom stereocenters. The Hall–Kier alpha value is -4.30. The summed E-state index contributed by atoms with van der Waals surface area (Å²) in [6, 6.07) is 26.6. The highest BCUT2D eigenvalue weighted by Crippen LogP contribution is 2.50. The molecule has 2 aliphatic rings. The molecule has 0 bridgehead atoms. The van der Waals surface area contributed by atoms with Gasteiger partial charge in [0.05, 0.1) is 0 Å². The number of anilines is 2. The van der Waals surface area contributed by atoms with Gasteiger partial charge in [-0.25, -0.2) is 0 Å². The van der Waals surface area contributed by atoms with Crippen LogP contribution in [0.5, 0.6) is 0 Å². The molecule has 0 aromatic heterocycles. The molecule has 0 radical (unpaired) electrons. The summed E-state index contributed by atoms with van der Waals surface area (Å²) in [4.78, 5) is 4.75. The summed E-state index contributed by atoms with van der Waals surface area (Å²) in [6.45, 7) is 19.5. The molecule has 236 valence electrons. The van der Waals surface area contributed by atoms with Crippen LogP contribution in [-0.4, -0.2) is 20.6 Å². The number of allylic oxidation sites excluding steroid dienone is 9. The van der Waals surface area contributed by atoms with Crippen LogP contribution in [0.2, 0.25) is 0 Å². The van der Waals surface area contributed by atoms with Crippen LogP contribution in [0.15, 0.2) is 132 Å². The lowest BCUT2D eigenvalue weighted by atomic mass is 9.74. The van der Waals surface area contributed by atoms with Gasteiger partial charge in [0.25, 0.3) is 0 Å². The van der Waals surface area contributed by atoms with Gasteiger partial charge in [-0.15, -0.1) is 0 Å². The summed E-state index contributed by atoms with van der Waals surface area (Å²) in [5.74, 6) is 0. The first-order valence-corrected chi connectivity index (χ1v) is 16.9. The van der Waals surface area contributed by atoms with Crippen LogP contribution < -0.4 is 9.80 Å². The molecule has 6 rings (SSSR count). The minimum atomic E-state index is -0.236. The standard InChI is InChI=1S/C44H50N2/c1-10-45(8)38-27-24-34-16-11-13-20-36(34)41(38)43(4,5)30(2)22-23-32-18-15-19-33(31(32)3)26-29-40-44(6,7)42-37-21-14-12-17-35(37)25-28-39(42)46(40)9/h11-14,16-17,20-29H,2,10,15,18-19H2,1,3-9H3/b23-22+,33-26+,40-29+. The van der Waals surface area contributed by atoms with E-state index >= 15 is 0 Å². The molecule has 2 nitrogen and oxygen atoms in total. The molecule has 46 heavy (non-hydrogen) atoms. The lowest BCUT2D eigenvalue weighted by molar-refractivity contribution is 0.644. The van der Waals surface area contributed by atoms with Gasteiger partial charge in [-0.2, -0.15) is 0 Å². The third kappa shape index (κ3) is 5.32. The lowest BCUT2D eigenvalue weighted by Crippen LogP contribution is -2.26. The molecule has 0 saturated carbocycles. The molecule has 0 unspecified atom stereocenters. The summed E-state index contributed by atoms with van der Waals surface area (Å²) in [5, 5.41) is 5.25. The van der Waals surface area contributed by atoms with Crippen molar-refractivity contribution in [3.8, 4) is 0 Å². The number of benzene rings is 4. The smallest absolute Gasteiger partial charge is 0.0454 e. The molecule has 0 saturated heterocycles. The molecule has 0 spiro atoms. The van der Waals surface area contributed by atoms with E-state index in [2.05, 4.69) is 169 Å². The maximum Gasteiger partial charge on any atom is 0.0454 e. The Morgan fingerprint density at radius 1 is 0.913 bits per heavy atom. The van der Waals surface area contributed by atoms with Gasteiger partial charge in [0.15, 0.2) is 0 Å². The highest BCUT2D eigenvalue weighted by atomic mass is 15.2. The number of rotatable bonds is 7. The van der Waals surface area contributed by atoms with Crippen molar-refractivity contribution in [1.82, 2.24) is 0 Å². The van der Waals surface area contributed by atoms with E-state index in [1.165, 1.54) is 72.9 Å². The number of likely N-dealkylation sites (N-methyl/N-ethyl adjacent to an activating group) is 1. The van der Waals surface area contributed by atoms with E-state index in [0.29, 0.717) is 0 Å². The zero-order chi connectivity index (χ0) is 32.8. The topological polar surface area (TPSA) is 6.48 Å². The first-order valence-electron chi connectivity index (χ1n) is 16.9. The summed E-state index contributed by atoms with van der Waals surface area (Å²) in [5.41, 5.74) is 11.8. The van der Waals surface area contributed by atoms with Gasteiger partial charge in [-0.3, -0.25) is 0 Å². The van der Waals surface area contributed by atoms with Gasteiger partial charge in [0.2, 0.25) is 0 Å². The molecule has 2 heteroatoms. The van der Waals surface area contributed by atoms with E-state index < -0.39 is 0 Å². The van der Waals surface area contributed by atoms with E-state index in [0.717, 1.165) is 25.0 Å². The van der Waals surface area contributed by atoms with Crippen molar-refractivity contribution in [3.05, 3.63) is 143 Å². The highest BCUT2D eigenvalue weighted by molar-refractivity contribution is 5.95. The van der Waals surface area contributed by atoms with Crippen molar-refractivity contribution in [2.45, 2.75) is 71.6 Å². The summed E-state index contributed by atoms with van der Waals surface area (Å²) < 4.78 is 0. The molecular formula is C44H50N2. The fourth-order valence-electron chi connectivity index (χ4n) is 7.82. The molecule has 0 fully saturated rings. The molecule has 1 heterocycles. The predicted molar refractivity (Wildman–Crippen MR) is 202 cm³/mol. The number of hydrogen-bond acceptors (Lipinski definition) is 2. The molecule has 1 aliphatic carbocycles. The van der Waals surface area contributed by atoms with Crippen molar-refractivity contribution >= 4 is 32.9 Å². The Morgan fingerprint density at radius 2 is 1.57 bits per heavy atom. The third-order valence-corrected chi connectivity index (χ3v) is 10.9. The van der Waals surface area contributed by atoms with E-state index in [1.807, 2.05) is 0 Å². The van der Waals surface area contributed by atoms with Crippen LogP contribution in [0.4, 0.5) is 11.4 Å². The first-order chi connectivity index (χ1) is 22.0. The van der Waals surface area contributed by atoms with E-state index in [-0.39, 0.29) is 10.8 Å². The Bertz CT molecular complexity index is 1960. The van der Waals surface area contributed by atoms with Gasteiger partial charge in [0, 0.05) is 48.5 Å². The summed E-state index contributed by atoms with van der Waals surface area (Å²) in [6.07, 6.45) is 12.8. The van der Waals surface area contributed by atoms with Crippen molar-refractivity contribution in [1.29, 1.82) is 0 Å². The fourth-order valence-corrected chi connectivity index (χ4v) is 7.82. The largest absolute Gasteiger partial charge is 0.375 e. The number of nitrogens with zero attached hydrogens (tertiary/aromatic N) is 2. The molecule has 1 aliphatic heterocycles. The Morgan fingerprint density at radius 3 is 2.28 bits per heavy atom. The van der Waals surface area contributed by atoms with Crippen LogP contribution in [0.25, 0.3) is 21.5 Å². The minimum absolute atomic E-state index is 0.0767. The van der Waals surface area contributed by atoms with Crippen LogP contribution in [-0.2, 0) is 10.8 Å². The molecule has 0 N–H and O–H groups in total. The van der Waals surface area contributed by atoms with Gasteiger partial charge >= 0.3 is 0 Å². The molecular weight excluding hydrogens is 556 g/mol. The number of hydrogen-bond donors (Lipinski definition) is 0. The Kier molecular flexibility index (Phi) is 8.36. The van der Waals surface area contributed by atoms with E-state index in [1.54, 1.807) is 0 Å². The maximum absolute atomic E-state index is 4.66. The van der Waals surface area contributed by atoms with Crippen molar-refractivity contribution in [2.75, 3.05) is 30.4 Å². The number of fused-ring (bicyclic) bond motifs is 4. The fraction of sp³-hybridized carbons (Fsp3) is 0.318. The second-order valence-corrected chi connectivity index (χ2v) is 14.3. The van der Waals surface area contributed by atoms with E-state index in [4.69, 9.17) is 0 Å². The van der Waals surface area contributed by atoms with E-state index in [9.17, 15) is 0 Å². The average molecular weight is 607 g/mol. The van der Waals surface area contributed by atoms with Crippen LogP contribution >= 0.6 is 0 Å². The third-order valence-electron chi connectivity index (χ3n) is 10.9.